The average Bonchev–Trinajstić information content (AvgIpc) is 2.82. The molecule has 0 unspecified atom stereocenters. The highest BCUT2D eigenvalue weighted by Crippen LogP contribution is 2.33. The van der Waals surface area contributed by atoms with Crippen molar-refractivity contribution in [3.63, 3.8) is 0 Å². The molecule has 0 atom stereocenters. The van der Waals surface area contributed by atoms with Gasteiger partial charge in [-0.1, -0.05) is 35.6 Å². The molecule has 0 aromatic heterocycles. The van der Waals surface area contributed by atoms with Gasteiger partial charge in [0, 0.05) is 30.1 Å². The van der Waals surface area contributed by atoms with Gasteiger partial charge in [-0.15, -0.1) is 0 Å². The van der Waals surface area contributed by atoms with Crippen LogP contribution in [0.25, 0.3) is 6.08 Å². The Balaban J connectivity index is 2.08. The number of aliphatic carboxylic acids is 1. The summed E-state index contributed by atoms with van der Waals surface area (Å²) in [6.45, 7) is 0.234. The number of thiocarbonyl (C=S) groups is 1. The fourth-order valence-electron chi connectivity index (χ4n) is 2.10. The number of benzene rings is 1. The topological polar surface area (TPSA) is 101 Å². The van der Waals surface area contributed by atoms with Crippen molar-refractivity contribution < 1.29 is 19.6 Å². The Bertz CT molecular complexity index is 820. The lowest BCUT2D eigenvalue weighted by atomic mass is 10.2. The molecule has 1 saturated heterocycles. The van der Waals surface area contributed by atoms with Crippen molar-refractivity contribution in [1.82, 2.24) is 4.90 Å². The molecule has 2 rings (SSSR count). The van der Waals surface area contributed by atoms with E-state index in [0.717, 1.165) is 11.8 Å². The first-order chi connectivity index (χ1) is 12.3. The predicted molar refractivity (Wildman–Crippen MR) is 104 cm³/mol. The largest absolute Gasteiger partial charge is 0.481 e. The number of carboxylic acid groups (broad SMARTS) is 1. The van der Waals surface area contributed by atoms with Gasteiger partial charge in [-0.3, -0.25) is 24.6 Å². The number of nitrogens with zero attached hydrogens (tertiary/aromatic N) is 2. The summed E-state index contributed by atoms with van der Waals surface area (Å²) in [6.07, 6.45) is 3.31. The van der Waals surface area contributed by atoms with Crippen LogP contribution in [-0.4, -0.2) is 37.7 Å². The summed E-state index contributed by atoms with van der Waals surface area (Å²) >= 11 is 12.4. The summed E-state index contributed by atoms with van der Waals surface area (Å²) in [6, 6.07) is 5.81. The number of hydrogen-bond acceptors (Lipinski definition) is 6. The number of halogens is 1. The van der Waals surface area contributed by atoms with E-state index in [1.54, 1.807) is 18.2 Å². The molecule has 1 amide bonds. The number of allylic oxidation sites excluding steroid dienone is 2. The first kappa shape index (κ1) is 20.1. The highest BCUT2D eigenvalue weighted by molar-refractivity contribution is 8.26. The standard InChI is InChI=1S/C16H13ClN2O5S2/c17-11(8-10-3-5-12(6-4-10)19(23)24)9-13-15(22)18(16(25)26-13)7-1-2-14(20)21/h3-6,8-9H,1-2,7H2,(H,20,21)/b11-8-,13-9-. The van der Waals surface area contributed by atoms with E-state index in [2.05, 4.69) is 0 Å². The van der Waals surface area contributed by atoms with E-state index in [9.17, 15) is 19.7 Å². The van der Waals surface area contributed by atoms with Crippen LogP contribution in [0.4, 0.5) is 5.69 Å². The summed E-state index contributed by atoms with van der Waals surface area (Å²) in [5, 5.41) is 19.6. The Hall–Kier alpha value is -2.23. The molecule has 0 spiro atoms. The molecule has 1 aromatic carbocycles. The molecular formula is C16H13ClN2O5S2. The smallest absolute Gasteiger partial charge is 0.303 e. The van der Waals surface area contributed by atoms with E-state index >= 15 is 0 Å². The first-order valence-corrected chi connectivity index (χ1v) is 8.97. The minimum atomic E-state index is -0.931. The Morgan fingerprint density at radius 3 is 2.62 bits per heavy atom. The molecule has 1 N–H and O–H groups in total. The highest BCUT2D eigenvalue weighted by Gasteiger charge is 2.31. The van der Waals surface area contributed by atoms with E-state index in [-0.39, 0.29) is 29.6 Å². The molecule has 1 fully saturated rings. The zero-order valence-corrected chi connectivity index (χ0v) is 15.6. The van der Waals surface area contributed by atoms with Crippen LogP contribution in [0.3, 0.4) is 0 Å². The molecule has 1 heterocycles. The van der Waals surface area contributed by atoms with E-state index in [1.807, 2.05) is 0 Å². The number of nitro groups is 1. The van der Waals surface area contributed by atoms with E-state index < -0.39 is 10.9 Å². The molecule has 1 aromatic rings. The second kappa shape index (κ2) is 8.93. The number of carbonyl (C=O) groups is 2. The van der Waals surface area contributed by atoms with Crippen LogP contribution < -0.4 is 0 Å². The number of carbonyl (C=O) groups excluding carboxylic acids is 1. The SMILES string of the molecule is O=C(O)CCCN1C(=O)/C(=C/C(Cl)=C/c2ccc([N+](=O)[O-])cc2)SC1=S. The molecule has 0 bridgehead atoms. The average molecular weight is 413 g/mol. The van der Waals surface area contributed by atoms with Crippen LogP contribution in [-0.2, 0) is 9.59 Å². The Labute approximate surface area is 163 Å². The molecule has 0 saturated carbocycles. The molecular weight excluding hydrogens is 400 g/mol. The van der Waals surface area contributed by atoms with Crippen molar-refractivity contribution in [2.24, 2.45) is 0 Å². The number of nitro benzene ring substituents is 1. The van der Waals surface area contributed by atoms with Gasteiger partial charge in [-0.05, 0) is 36.3 Å². The van der Waals surface area contributed by atoms with Gasteiger partial charge in [0.05, 0.1) is 9.83 Å². The van der Waals surface area contributed by atoms with Crippen molar-refractivity contribution in [3.05, 3.63) is 56.0 Å². The first-order valence-electron chi connectivity index (χ1n) is 7.37. The second-order valence-electron chi connectivity index (χ2n) is 5.21. The summed E-state index contributed by atoms with van der Waals surface area (Å²) in [7, 11) is 0. The monoisotopic (exact) mass is 412 g/mol. The normalized spacial score (nSPS) is 16.4. The Kier molecular flexibility index (Phi) is 6.90. The highest BCUT2D eigenvalue weighted by atomic mass is 35.5. The van der Waals surface area contributed by atoms with E-state index in [1.165, 1.54) is 23.1 Å². The molecule has 10 heteroatoms. The minimum Gasteiger partial charge on any atom is -0.481 e. The van der Waals surface area contributed by atoms with Crippen LogP contribution in [0.1, 0.15) is 18.4 Å². The summed E-state index contributed by atoms with van der Waals surface area (Å²) in [4.78, 5) is 34.7. The molecule has 26 heavy (non-hydrogen) atoms. The van der Waals surface area contributed by atoms with Crippen LogP contribution >= 0.6 is 35.6 Å². The maximum absolute atomic E-state index is 12.3. The maximum atomic E-state index is 12.3. The number of amides is 1. The number of hydrogen-bond donors (Lipinski definition) is 1. The lowest BCUT2D eigenvalue weighted by Crippen LogP contribution is -2.29. The fraction of sp³-hybridized carbons (Fsp3) is 0.188. The zero-order valence-electron chi connectivity index (χ0n) is 13.3. The Morgan fingerprint density at radius 1 is 1.38 bits per heavy atom. The van der Waals surface area contributed by atoms with Crippen molar-refractivity contribution in [2.75, 3.05) is 6.54 Å². The van der Waals surface area contributed by atoms with Crippen LogP contribution in [0.2, 0.25) is 0 Å². The van der Waals surface area contributed by atoms with E-state index in [0.29, 0.717) is 21.2 Å². The van der Waals surface area contributed by atoms with Crippen molar-refractivity contribution >= 4 is 63.5 Å². The number of rotatable bonds is 7. The lowest BCUT2D eigenvalue weighted by Gasteiger charge is -2.13. The molecule has 1 aliphatic heterocycles. The van der Waals surface area contributed by atoms with Gasteiger partial charge in [-0.25, -0.2) is 0 Å². The van der Waals surface area contributed by atoms with Gasteiger partial charge in [0.15, 0.2) is 0 Å². The van der Waals surface area contributed by atoms with Gasteiger partial charge in [-0.2, -0.15) is 0 Å². The van der Waals surface area contributed by atoms with Gasteiger partial charge in [0.25, 0.3) is 11.6 Å². The Morgan fingerprint density at radius 2 is 2.04 bits per heavy atom. The second-order valence-corrected chi connectivity index (χ2v) is 7.32. The van der Waals surface area contributed by atoms with Gasteiger partial charge in [0.2, 0.25) is 0 Å². The third-order valence-electron chi connectivity index (χ3n) is 3.32. The summed E-state index contributed by atoms with van der Waals surface area (Å²) < 4.78 is 0.353. The van der Waals surface area contributed by atoms with Crippen LogP contribution in [0.5, 0.6) is 0 Å². The van der Waals surface area contributed by atoms with Gasteiger partial charge < -0.3 is 5.11 Å². The van der Waals surface area contributed by atoms with Gasteiger partial charge >= 0.3 is 5.97 Å². The predicted octanol–water partition coefficient (Wildman–Crippen LogP) is 3.78. The minimum absolute atomic E-state index is 0.0273. The van der Waals surface area contributed by atoms with Crippen molar-refractivity contribution in [1.29, 1.82) is 0 Å². The zero-order chi connectivity index (χ0) is 19.3. The quantitative estimate of drug-likeness (QED) is 0.314. The third kappa shape index (κ3) is 5.38. The molecule has 1 aliphatic rings. The molecule has 0 aliphatic carbocycles. The lowest BCUT2D eigenvalue weighted by molar-refractivity contribution is -0.384. The van der Waals surface area contributed by atoms with Crippen LogP contribution in [0, 0.1) is 10.1 Å². The molecule has 7 nitrogen and oxygen atoms in total. The number of carboxylic acids is 1. The van der Waals surface area contributed by atoms with Crippen molar-refractivity contribution in [3.8, 4) is 0 Å². The number of non-ortho nitro benzene ring substituents is 1. The molecule has 0 radical (unpaired) electrons. The maximum Gasteiger partial charge on any atom is 0.303 e. The summed E-state index contributed by atoms with van der Waals surface area (Å²) in [5.41, 5.74) is 0.620. The van der Waals surface area contributed by atoms with E-state index in [4.69, 9.17) is 28.9 Å². The van der Waals surface area contributed by atoms with Crippen LogP contribution in [0.15, 0.2) is 40.3 Å². The van der Waals surface area contributed by atoms with Gasteiger partial charge in [0.1, 0.15) is 4.32 Å². The van der Waals surface area contributed by atoms with Crippen molar-refractivity contribution in [2.45, 2.75) is 12.8 Å². The fourth-order valence-corrected chi connectivity index (χ4v) is 3.70. The number of thioether (sulfide) groups is 1. The summed E-state index contributed by atoms with van der Waals surface area (Å²) in [5.74, 6) is -1.25. The third-order valence-corrected chi connectivity index (χ3v) is 4.92. The molecule has 136 valence electrons.